The summed E-state index contributed by atoms with van der Waals surface area (Å²) in [6.45, 7) is 1.66. The number of pyridine rings is 1. The van der Waals surface area contributed by atoms with Gasteiger partial charge in [0.1, 0.15) is 11.4 Å². The zero-order chi connectivity index (χ0) is 23.5. The molecule has 1 saturated heterocycles. The molecule has 0 radical (unpaired) electrons. The zero-order valence-electron chi connectivity index (χ0n) is 19.4. The molecule has 1 saturated carbocycles. The van der Waals surface area contributed by atoms with Gasteiger partial charge in [0.2, 0.25) is 0 Å². The van der Waals surface area contributed by atoms with Crippen LogP contribution in [-0.4, -0.2) is 47.1 Å². The van der Waals surface area contributed by atoms with Crippen molar-refractivity contribution in [1.29, 1.82) is 0 Å². The first-order chi connectivity index (χ1) is 16.6. The summed E-state index contributed by atoms with van der Waals surface area (Å²) < 4.78 is 7.26. The number of anilines is 1. The first kappa shape index (κ1) is 22.5. The molecule has 1 aliphatic carbocycles. The first-order valence-electron chi connectivity index (χ1n) is 12.3. The van der Waals surface area contributed by atoms with Crippen LogP contribution in [0.25, 0.3) is 0 Å². The Labute approximate surface area is 199 Å². The van der Waals surface area contributed by atoms with Crippen molar-refractivity contribution in [3.63, 3.8) is 0 Å². The summed E-state index contributed by atoms with van der Waals surface area (Å²) in [6.07, 6.45) is 6.73. The van der Waals surface area contributed by atoms with Crippen LogP contribution in [0, 0.1) is 5.92 Å². The van der Waals surface area contributed by atoms with E-state index in [0.29, 0.717) is 25.4 Å². The van der Waals surface area contributed by atoms with Crippen molar-refractivity contribution in [2.75, 3.05) is 25.0 Å². The normalized spacial score (nSPS) is 21.9. The van der Waals surface area contributed by atoms with Crippen LogP contribution in [0.2, 0.25) is 0 Å². The van der Waals surface area contributed by atoms with Gasteiger partial charge in [0.25, 0.3) is 11.5 Å². The van der Waals surface area contributed by atoms with Gasteiger partial charge in [-0.3, -0.25) is 9.59 Å². The molecule has 3 heterocycles. The van der Waals surface area contributed by atoms with E-state index in [1.807, 2.05) is 29.2 Å². The number of nitrogens with zero attached hydrogens (tertiary/aromatic N) is 2. The van der Waals surface area contributed by atoms with E-state index in [1.54, 1.807) is 22.8 Å². The number of urea groups is 1. The maximum absolute atomic E-state index is 13.1. The van der Waals surface area contributed by atoms with E-state index in [0.717, 1.165) is 25.0 Å². The molecule has 3 amide bonds. The third kappa shape index (κ3) is 4.95. The molecule has 3 aliphatic rings. The molecule has 0 unspecified atom stereocenters. The average Bonchev–Trinajstić information content (AvgIpc) is 2.86. The van der Waals surface area contributed by atoms with Crippen LogP contribution in [0.4, 0.5) is 10.5 Å². The maximum Gasteiger partial charge on any atom is 0.317 e. The Hall–Kier alpha value is -3.29. The topological polar surface area (TPSA) is 92.7 Å². The van der Waals surface area contributed by atoms with Gasteiger partial charge in [-0.25, -0.2) is 4.79 Å². The van der Waals surface area contributed by atoms with Gasteiger partial charge in [0.15, 0.2) is 6.61 Å². The third-order valence-corrected chi connectivity index (χ3v) is 7.21. The molecule has 2 N–H and O–H groups in total. The number of ether oxygens (including phenoxy) is 1. The molecule has 8 nitrogen and oxygen atoms in total. The Balaban J connectivity index is 1.23. The van der Waals surface area contributed by atoms with E-state index in [9.17, 15) is 14.4 Å². The molecule has 2 aliphatic heterocycles. The number of hydrogen-bond acceptors (Lipinski definition) is 4. The second-order valence-electron chi connectivity index (χ2n) is 9.73. The van der Waals surface area contributed by atoms with E-state index in [-0.39, 0.29) is 47.7 Å². The van der Waals surface area contributed by atoms with Crippen molar-refractivity contribution in [1.82, 2.24) is 14.8 Å². The molecule has 34 heavy (non-hydrogen) atoms. The minimum absolute atomic E-state index is 0.0275. The van der Waals surface area contributed by atoms with E-state index in [4.69, 9.17) is 4.74 Å². The molecule has 2 fully saturated rings. The fourth-order valence-corrected chi connectivity index (χ4v) is 5.57. The van der Waals surface area contributed by atoms with E-state index in [2.05, 4.69) is 10.6 Å². The third-order valence-electron chi connectivity index (χ3n) is 7.21. The van der Waals surface area contributed by atoms with Crippen LogP contribution in [-0.2, 0) is 11.3 Å². The Kier molecular flexibility index (Phi) is 6.56. The molecular formula is C26H32N4O4. The molecule has 5 rings (SSSR count). The number of likely N-dealkylation sites (tertiary alicyclic amines) is 1. The van der Waals surface area contributed by atoms with Gasteiger partial charge in [-0.15, -0.1) is 0 Å². The molecule has 2 atom stereocenters. The summed E-state index contributed by atoms with van der Waals surface area (Å²) in [5.41, 5.74) is 1.01. The van der Waals surface area contributed by atoms with Crippen molar-refractivity contribution in [2.24, 2.45) is 5.92 Å². The lowest BCUT2D eigenvalue weighted by molar-refractivity contribution is -0.118. The smallest absolute Gasteiger partial charge is 0.317 e. The summed E-state index contributed by atoms with van der Waals surface area (Å²) in [5.74, 6) is 0.588. The molecule has 1 aromatic heterocycles. The fourth-order valence-electron chi connectivity index (χ4n) is 5.57. The predicted molar refractivity (Wildman–Crippen MR) is 129 cm³/mol. The highest BCUT2D eigenvalue weighted by atomic mass is 16.5. The summed E-state index contributed by atoms with van der Waals surface area (Å²) in [5, 5.41) is 5.92. The van der Waals surface area contributed by atoms with Crippen molar-refractivity contribution in [3.8, 4) is 5.75 Å². The van der Waals surface area contributed by atoms with Gasteiger partial charge in [-0.05, 0) is 49.4 Å². The highest BCUT2D eigenvalue weighted by molar-refractivity contribution is 5.91. The number of amides is 3. The number of piperidine rings is 1. The number of carbonyl (C=O) groups is 2. The number of para-hydroxylation sites is 1. The number of nitrogens with one attached hydrogen (secondary N) is 2. The van der Waals surface area contributed by atoms with Crippen LogP contribution in [0.5, 0.6) is 5.75 Å². The standard InChI is InChI=1S/C26H32N4O4/c31-24(17-34-21-9-5-2-6-10-21)28-22-11-12-23-19-13-18(15-30(23)25(22)32)14-29(16-19)26(33)27-20-7-3-1-4-8-20/h2,5-6,9-12,18-20H,1,3-4,7-8,13-17H2,(H,27,33)(H,28,31)/t18-,19+/m0/s1. The van der Waals surface area contributed by atoms with E-state index in [1.165, 1.54) is 19.3 Å². The zero-order valence-corrected chi connectivity index (χ0v) is 19.4. The minimum Gasteiger partial charge on any atom is -0.484 e. The molecule has 0 spiro atoms. The number of carbonyl (C=O) groups excluding carboxylic acids is 2. The quantitative estimate of drug-likeness (QED) is 0.710. The van der Waals surface area contributed by atoms with Crippen LogP contribution in [0.15, 0.2) is 47.3 Å². The van der Waals surface area contributed by atoms with Crippen LogP contribution in [0.1, 0.15) is 50.1 Å². The lowest BCUT2D eigenvalue weighted by Gasteiger charge is -2.43. The van der Waals surface area contributed by atoms with Crippen molar-refractivity contribution in [2.45, 2.75) is 57.0 Å². The lowest BCUT2D eigenvalue weighted by atomic mass is 9.83. The minimum atomic E-state index is -0.372. The van der Waals surface area contributed by atoms with Crippen molar-refractivity contribution < 1.29 is 14.3 Å². The second kappa shape index (κ2) is 9.91. The van der Waals surface area contributed by atoms with Crippen LogP contribution >= 0.6 is 0 Å². The highest BCUT2D eigenvalue weighted by Gasteiger charge is 2.37. The molecule has 8 heteroatoms. The monoisotopic (exact) mass is 464 g/mol. The Morgan fingerprint density at radius 2 is 1.76 bits per heavy atom. The Morgan fingerprint density at radius 3 is 2.56 bits per heavy atom. The number of benzene rings is 1. The largest absolute Gasteiger partial charge is 0.484 e. The number of fused-ring (bicyclic) bond motifs is 4. The summed E-state index contributed by atoms with van der Waals surface area (Å²) in [6, 6.07) is 13.0. The first-order valence-corrected chi connectivity index (χ1v) is 12.3. The molecule has 180 valence electrons. The van der Waals surface area contributed by atoms with Crippen LogP contribution < -0.4 is 20.9 Å². The van der Waals surface area contributed by atoms with Gasteiger partial charge in [0, 0.05) is 37.3 Å². The van der Waals surface area contributed by atoms with Crippen LogP contribution in [0.3, 0.4) is 0 Å². The predicted octanol–water partition coefficient (Wildman–Crippen LogP) is 3.33. The Bertz CT molecular complexity index is 1090. The maximum atomic E-state index is 13.1. The van der Waals surface area contributed by atoms with Crippen molar-refractivity contribution >= 4 is 17.6 Å². The molecule has 1 aromatic carbocycles. The summed E-state index contributed by atoms with van der Waals surface area (Å²) in [4.78, 5) is 40.3. The average molecular weight is 465 g/mol. The fraction of sp³-hybridized carbons (Fsp3) is 0.500. The highest BCUT2D eigenvalue weighted by Crippen LogP contribution is 2.35. The van der Waals surface area contributed by atoms with Gasteiger partial charge < -0.3 is 24.8 Å². The number of aromatic nitrogens is 1. The van der Waals surface area contributed by atoms with Gasteiger partial charge in [0.05, 0.1) is 0 Å². The van der Waals surface area contributed by atoms with Gasteiger partial charge >= 0.3 is 6.03 Å². The van der Waals surface area contributed by atoms with Gasteiger partial charge in [-0.2, -0.15) is 0 Å². The number of hydrogen-bond donors (Lipinski definition) is 2. The number of rotatable bonds is 5. The lowest BCUT2D eigenvalue weighted by Crippen LogP contribution is -2.53. The molecule has 2 bridgehead atoms. The summed E-state index contributed by atoms with van der Waals surface area (Å²) in [7, 11) is 0. The molecule has 2 aromatic rings. The Morgan fingerprint density at radius 1 is 0.971 bits per heavy atom. The molecular weight excluding hydrogens is 432 g/mol. The van der Waals surface area contributed by atoms with Crippen molar-refractivity contribution in [3.05, 3.63) is 58.5 Å². The SMILES string of the molecule is O=C(COc1ccccc1)Nc1ccc2n(c1=O)C[C@H]1C[C@@H]2CN(C(=O)NC2CCCCC2)C1. The summed E-state index contributed by atoms with van der Waals surface area (Å²) >= 11 is 0. The van der Waals surface area contributed by atoms with Gasteiger partial charge in [-0.1, -0.05) is 37.5 Å². The second-order valence-corrected chi connectivity index (χ2v) is 9.73. The van der Waals surface area contributed by atoms with E-state index >= 15 is 0 Å². The van der Waals surface area contributed by atoms with E-state index < -0.39 is 0 Å².